The van der Waals surface area contributed by atoms with Crippen LogP contribution in [0.5, 0.6) is 5.75 Å². The number of ether oxygens (including phenoxy) is 1. The number of aromatic carboxylic acids is 1. The van der Waals surface area contributed by atoms with Crippen molar-refractivity contribution in [1.29, 1.82) is 0 Å². The van der Waals surface area contributed by atoms with E-state index >= 15 is 0 Å². The van der Waals surface area contributed by atoms with Crippen LogP contribution >= 0.6 is 23.1 Å². The van der Waals surface area contributed by atoms with Gasteiger partial charge < -0.3 is 15.2 Å². The number of thioether (sulfide) groups is 1. The summed E-state index contributed by atoms with van der Waals surface area (Å²) < 4.78 is 6.68. The van der Waals surface area contributed by atoms with Gasteiger partial charge in [-0.2, -0.15) is 4.68 Å². The van der Waals surface area contributed by atoms with E-state index in [1.165, 1.54) is 27.8 Å². The number of rotatable bonds is 7. The highest BCUT2D eigenvalue weighted by Gasteiger charge is 2.26. The summed E-state index contributed by atoms with van der Waals surface area (Å²) in [6, 6.07) is 7.22. The second-order valence-corrected chi connectivity index (χ2v) is 8.68. The average Bonchev–Trinajstić information content (AvgIpc) is 3.36. The number of thiophene rings is 1. The molecule has 0 spiro atoms. The molecule has 9 nitrogen and oxygen atoms in total. The van der Waals surface area contributed by atoms with Gasteiger partial charge in [0, 0.05) is 4.88 Å². The molecular weight excluding hydrogens is 426 g/mol. The fourth-order valence-corrected chi connectivity index (χ4v) is 5.32. The number of anilines is 1. The van der Waals surface area contributed by atoms with Crippen LogP contribution in [-0.2, 0) is 17.6 Å². The molecule has 1 aromatic carbocycles. The number of benzene rings is 1. The van der Waals surface area contributed by atoms with Crippen LogP contribution in [0.4, 0.5) is 5.00 Å². The van der Waals surface area contributed by atoms with E-state index in [-0.39, 0.29) is 17.2 Å². The lowest BCUT2D eigenvalue weighted by molar-refractivity contribution is -0.113. The molecule has 0 saturated heterocycles. The number of nitrogens with one attached hydrogen (secondary N) is 1. The van der Waals surface area contributed by atoms with E-state index < -0.39 is 5.97 Å². The van der Waals surface area contributed by atoms with Gasteiger partial charge in [-0.05, 0) is 65.9 Å². The maximum absolute atomic E-state index is 12.5. The van der Waals surface area contributed by atoms with Crippen LogP contribution in [0.3, 0.4) is 0 Å². The van der Waals surface area contributed by atoms with Crippen molar-refractivity contribution in [3.8, 4) is 11.4 Å². The van der Waals surface area contributed by atoms with Gasteiger partial charge in [-0.3, -0.25) is 4.79 Å². The Bertz CT molecular complexity index is 1080. The average molecular weight is 446 g/mol. The van der Waals surface area contributed by atoms with Crippen LogP contribution in [0.15, 0.2) is 29.4 Å². The van der Waals surface area contributed by atoms with Crippen LogP contribution in [0.2, 0.25) is 0 Å². The fourth-order valence-electron chi connectivity index (χ4n) is 3.33. The van der Waals surface area contributed by atoms with Crippen molar-refractivity contribution in [2.24, 2.45) is 0 Å². The quantitative estimate of drug-likeness (QED) is 0.533. The van der Waals surface area contributed by atoms with Gasteiger partial charge in [0.2, 0.25) is 11.1 Å². The molecule has 0 aliphatic heterocycles. The molecule has 0 unspecified atom stereocenters. The monoisotopic (exact) mass is 445 g/mol. The largest absolute Gasteiger partial charge is 0.497 e. The van der Waals surface area contributed by atoms with Crippen molar-refractivity contribution in [1.82, 2.24) is 20.2 Å². The Kier molecular flexibility index (Phi) is 6.00. The molecule has 1 amide bonds. The third-order valence-corrected chi connectivity index (χ3v) is 6.85. The summed E-state index contributed by atoms with van der Waals surface area (Å²) in [4.78, 5) is 25.3. The van der Waals surface area contributed by atoms with Crippen molar-refractivity contribution in [3.05, 3.63) is 40.3 Å². The summed E-state index contributed by atoms with van der Waals surface area (Å²) in [5.41, 5.74) is 1.84. The molecule has 30 heavy (non-hydrogen) atoms. The Labute approximate surface area is 180 Å². The van der Waals surface area contributed by atoms with Gasteiger partial charge in [0.05, 0.1) is 24.1 Å². The van der Waals surface area contributed by atoms with Gasteiger partial charge in [0.25, 0.3) is 0 Å². The van der Waals surface area contributed by atoms with E-state index in [2.05, 4.69) is 20.8 Å². The second-order valence-electron chi connectivity index (χ2n) is 6.63. The molecule has 2 heterocycles. The minimum Gasteiger partial charge on any atom is -0.497 e. The first-order valence-electron chi connectivity index (χ1n) is 9.30. The maximum Gasteiger partial charge on any atom is 0.339 e. The zero-order chi connectivity index (χ0) is 21.1. The van der Waals surface area contributed by atoms with Crippen LogP contribution in [0.1, 0.15) is 33.6 Å². The van der Waals surface area contributed by atoms with Crippen LogP contribution in [0.25, 0.3) is 5.69 Å². The molecule has 2 aromatic heterocycles. The maximum atomic E-state index is 12.5. The van der Waals surface area contributed by atoms with Crippen LogP contribution in [-0.4, -0.2) is 50.1 Å². The number of hydrogen-bond acceptors (Lipinski definition) is 8. The number of tetrazole rings is 1. The third-order valence-electron chi connectivity index (χ3n) is 4.73. The van der Waals surface area contributed by atoms with E-state index in [1.807, 2.05) is 12.1 Å². The zero-order valence-electron chi connectivity index (χ0n) is 16.1. The van der Waals surface area contributed by atoms with E-state index in [9.17, 15) is 14.7 Å². The summed E-state index contributed by atoms with van der Waals surface area (Å²) in [5, 5.41) is 24.9. The summed E-state index contributed by atoms with van der Waals surface area (Å²) in [5.74, 6) is -0.530. The number of carboxylic acid groups (broad SMARTS) is 1. The number of amides is 1. The summed E-state index contributed by atoms with van der Waals surface area (Å²) in [6.45, 7) is 0. The Morgan fingerprint density at radius 3 is 2.77 bits per heavy atom. The van der Waals surface area contributed by atoms with Gasteiger partial charge in [-0.1, -0.05) is 11.8 Å². The molecule has 0 saturated carbocycles. The van der Waals surface area contributed by atoms with Crippen molar-refractivity contribution < 1.29 is 19.4 Å². The van der Waals surface area contributed by atoms with Crippen molar-refractivity contribution >= 4 is 40.0 Å². The number of hydrogen-bond donors (Lipinski definition) is 2. The van der Waals surface area contributed by atoms with Crippen molar-refractivity contribution in [2.75, 3.05) is 18.2 Å². The van der Waals surface area contributed by atoms with Crippen molar-refractivity contribution in [3.63, 3.8) is 0 Å². The third kappa shape index (κ3) is 4.17. The second kappa shape index (κ2) is 8.84. The number of fused-ring (bicyclic) bond motifs is 1. The number of carboxylic acids is 1. The number of aromatic nitrogens is 4. The molecule has 0 fully saturated rings. The Morgan fingerprint density at radius 2 is 2.03 bits per heavy atom. The predicted octanol–water partition coefficient (Wildman–Crippen LogP) is 3.04. The van der Waals surface area contributed by atoms with Gasteiger partial charge in [0.1, 0.15) is 10.8 Å². The lowest BCUT2D eigenvalue weighted by Gasteiger charge is -2.10. The van der Waals surface area contributed by atoms with E-state index in [1.54, 1.807) is 19.2 Å². The molecule has 0 radical (unpaired) electrons. The standard InChI is InChI=1S/C19H19N5O4S2/c1-28-12-8-6-11(7-9-12)24-19(21-22-23-24)29-10-15(25)20-17-16(18(26)27)13-4-2-3-5-14(13)30-17/h6-9H,2-5,10H2,1H3,(H,20,25)(H,26,27). The smallest absolute Gasteiger partial charge is 0.339 e. The Balaban J connectivity index is 1.45. The highest BCUT2D eigenvalue weighted by atomic mass is 32.2. The minimum atomic E-state index is -0.999. The topological polar surface area (TPSA) is 119 Å². The lowest BCUT2D eigenvalue weighted by Crippen LogP contribution is -2.16. The summed E-state index contributed by atoms with van der Waals surface area (Å²) in [6.07, 6.45) is 3.63. The first-order chi connectivity index (χ1) is 14.6. The van der Waals surface area contributed by atoms with Gasteiger partial charge in [0.15, 0.2) is 0 Å². The molecule has 0 bridgehead atoms. The molecule has 1 aliphatic rings. The summed E-state index contributed by atoms with van der Waals surface area (Å²) in [7, 11) is 1.59. The first-order valence-corrected chi connectivity index (χ1v) is 11.1. The molecule has 156 valence electrons. The Hall–Kier alpha value is -2.92. The fraction of sp³-hybridized carbons (Fsp3) is 0.316. The molecule has 2 N–H and O–H groups in total. The van der Waals surface area contributed by atoms with Crippen LogP contribution < -0.4 is 10.1 Å². The molecule has 4 rings (SSSR count). The number of carbonyl (C=O) groups is 2. The Morgan fingerprint density at radius 1 is 1.27 bits per heavy atom. The zero-order valence-corrected chi connectivity index (χ0v) is 17.8. The SMILES string of the molecule is COc1ccc(-n2nnnc2SCC(=O)Nc2sc3c(c2C(=O)O)CCCC3)cc1. The van der Waals surface area contributed by atoms with Gasteiger partial charge in [-0.25, -0.2) is 4.79 Å². The van der Waals surface area contributed by atoms with Crippen molar-refractivity contribution in [2.45, 2.75) is 30.8 Å². The van der Waals surface area contributed by atoms with E-state index in [0.717, 1.165) is 41.8 Å². The number of carbonyl (C=O) groups excluding carboxylic acids is 1. The first kappa shape index (κ1) is 20.4. The number of aryl methyl sites for hydroxylation is 1. The highest BCUT2D eigenvalue weighted by molar-refractivity contribution is 7.99. The normalized spacial score (nSPS) is 13.0. The number of methoxy groups -OCH3 is 1. The van der Waals surface area contributed by atoms with E-state index in [0.29, 0.717) is 15.9 Å². The minimum absolute atomic E-state index is 0.0537. The predicted molar refractivity (Wildman–Crippen MR) is 113 cm³/mol. The molecular formula is C19H19N5O4S2. The molecule has 3 aromatic rings. The lowest BCUT2D eigenvalue weighted by atomic mass is 9.95. The van der Waals surface area contributed by atoms with E-state index in [4.69, 9.17) is 4.74 Å². The van der Waals surface area contributed by atoms with Gasteiger partial charge in [-0.15, -0.1) is 16.4 Å². The molecule has 0 atom stereocenters. The summed E-state index contributed by atoms with van der Waals surface area (Å²) >= 11 is 2.54. The van der Waals surface area contributed by atoms with Gasteiger partial charge >= 0.3 is 5.97 Å². The molecule has 1 aliphatic carbocycles. The highest BCUT2D eigenvalue weighted by Crippen LogP contribution is 2.38. The number of nitrogens with zero attached hydrogens (tertiary/aromatic N) is 4. The molecule has 11 heteroatoms. The van der Waals surface area contributed by atoms with Crippen LogP contribution in [0, 0.1) is 0 Å².